The molecule has 21 heavy (non-hydrogen) atoms. The molecular weight excluding hydrogens is 260 g/mol. The molecule has 1 unspecified atom stereocenters. The molecule has 1 heterocycles. The Balaban J connectivity index is 2.22. The van der Waals surface area contributed by atoms with E-state index in [1.54, 1.807) is 6.33 Å². The van der Waals surface area contributed by atoms with Crippen molar-refractivity contribution < 1.29 is 0 Å². The molecule has 0 fully saturated rings. The summed E-state index contributed by atoms with van der Waals surface area (Å²) in [6.45, 7) is 10.6. The molecular formula is C17H24N4. The Kier molecular flexibility index (Phi) is 4.78. The molecule has 0 radical (unpaired) electrons. The summed E-state index contributed by atoms with van der Waals surface area (Å²) in [5.74, 6) is 1.66. The first kappa shape index (κ1) is 15.3. The van der Waals surface area contributed by atoms with Crippen LogP contribution in [0.15, 0.2) is 24.5 Å². The number of rotatable bonds is 5. The lowest BCUT2D eigenvalue weighted by molar-refractivity contribution is 0.758. The van der Waals surface area contributed by atoms with Gasteiger partial charge in [-0.3, -0.25) is 0 Å². The molecule has 4 heteroatoms. The van der Waals surface area contributed by atoms with E-state index in [1.165, 1.54) is 16.7 Å². The number of nitrogens with one attached hydrogen (secondary N) is 2. The minimum Gasteiger partial charge on any atom is -0.367 e. The van der Waals surface area contributed by atoms with Crippen molar-refractivity contribution in [1.29, 1.82) is 0 Å². The highest BCUT2D eigenvalue weighted by atomic mass is 15.1. The van der Waals surface area contributed by atoms with E-state index in [0.29, 0.717) is 6.04 Å². The van der Waals surface area contributed by atoms with Crippen LogP contribution < -0.4 is 10.6 Å². The maximum Gasteiger partial charge on any atom is 0.135 e. The number of anilines is 3. The summed E-state index contributed by atoms with van der Waals surface area (Å²) in [6, 6.07) is 6.70. The van der Waals surface area contributed by atoms with E-state index in [9.17, 15) is 0 Å². The van der Waals surface area contributed by atoms with Gasteiger partial charge >= 0.3 is 0 Å². The van der Waals surface area contributed by atoms with Gasteiger partial charge < -0.3 is 10.6 Å². The molecule has 4 nitrogen and oxygen atoms in total. The van der Waals surface area contributed by atoms with Crippen molar-refractivity contribution in [1.82, 2.24) is 9.97 Å². The molecule has 0 saturated heterocycles. The minimum atomic E-state index is 0.399. The van der Waals surface area contributed by atoms with Gasteiger partial charge in [-0.2, -0.15) is 0 Å². The quantitative estimate of drug-likeness (QED) is 0.856. The first-order chi connectivity index (χ1) is 9.99. The van der Waals surface area contributed by atoms with Gasteiger partial charge in [0, 0.05) is 17.8 Å². The third-order valence-corrected chi connectivity index (χ3v) is 3.60. The van der Waals surface area contributed by atoms with Crippen LogP contribution >= 0.6 is 0 Å². The summed E-state index contributed by atoms with van der Waals surface area (Å²) in [6.07, 6.45) is 2.65. The highest BCUT2D eigenvalue weighted by molar-refractivity contribution is 5.66. The molecule has 0 saturated carbocycles. The SMILES string of the molecule is CCC(C)Nc1cc(Nc2c(C)cc(C)cc2C)ncn1. The van der Waals surface area contributed by atoms with Gasteiger partial charge in [0.15, 0.2) is 0 Å². The van der Waals surface area contributed by atoms with Gasteiger partial charge in [0.1, 0.15) is 18.0 Å². The van der Waals surface area contributed by atoms with Crippen LogP contribution in [0.3, 0.4) is 0 Å². The topological polar surface area (TPSA) is 49.8 Å². The van der Waals surface area contributed by atoms with Crippen molar-refractivity contribution in [3.8, 4) is 0 Å². The second-order valence-electron chi connectivity index (χ2n) is 5.64. The summed E-state index contributed by atoms with van der Waals surface area (Å²) < 4.78 is 0. The number of aromatic nitrogens is 2. The van der Waals surface area contributed by atoms with Crippen LogP contribution in [0.1, 0.15) is 37.0 Å². The Bertz CT molecular complexity index is 599. The van der Waals surface area contributed by atoms with Crippen LogP contribution in [-0.4, -0.2) is 16.0 Å². The lowest BCUT2D eigenvalue weighted by Crippen LogP contribution is -2.14. The van der Waals surface area contributed by atoms with Crippen molar-refractivity contribution in [2.45, 2.75) is 47.1 Å². The summed E-state index contributed by atoms with van der Waals surface area (Å²) in [5, 5.41) is 6.77. The molecule has 0 bridgehead atoms. The van der Waals surface area contributed by atoms with Crippen molar-refractivity contribution in [2.75, 3.05) is 10.6 Å². The maximum absolute atomic E-state index is 4.31. The Morgan fingerprint density at radius 1 is 1.00 bits per heavy atom. The van der Waals surface area contributed by atoms with Gasteiger partial charge in [-0.15, -0.1) is 0 Å². The van der Waals surface area contributed by atoms with Crippen molar-refractivity contribution in [3.63, 3.8) is 0 Å². The van der Waals surface area contributed by atoms with Gasteiger partial charge in [0.2, 0.25) is 0 Å². The van der Waals surface area contributed by atoms with Gasteiger partial charge in [-0.05, 0) is 45.2 Å². The van der Waals surface area contributed by atoms with E-state index in [2.05, 4.69) is 67.4 Å². The molecule has 0 amide bonds. The number of nitrogens with zero attached hydrogens (tertiary/aromatic N) is 2. The highest BCUT2D eigenvalue weighted by Crippen LogP contribution is 2.25. The van der Waals surface area contributed by atoms with Crippen LogP contribution in [0.5, 0.6) is 0 Å². The Morgan fingerprint density at radius 2 is 1.62 bits per heavy atom. The molecule has 2 aromatic rings. The lowest BCUT2D eigenvalue weighted by Gasteiger charge is -2.15. The van der Waals surface area contributed by atoms with E-state index < -0.39 is 0 Å². The van der Waals surface area contributed by atoms with E-state index in [-0.39, 0.29) is 0 Å². The zero-order chi connectivity index (χ0) is 15.4. The summed E-state index contributed by atoms with van der Waals surface area (Å²) in [4.78, 5) is 8.58. The smallest absolute Gasteiger partial charge is 0.135 e. The third kappa shape index (κ3) is 3.94. The predicted octanol–water partition coefficient (Wildman–Crippen LogP) is 4.36. The van der Waals surface area contributed by atoms with Crippen LogP contribution in [-0.2, 0) is 0 Å². The predicted molar refractivity (Wildman–Crippen MR) is 89.3 cm³/mol. The normalized spacial score (nSPS) is 12.0. The first-order valence-electron chi connectivity index (χ1n) is 7.43. The summed E-state index contributed by atoms with van der Waals surface area (Å²) in [7, 11) is 0. The first-order valence-corrected chi connectivity index (χ1v) is 7.43. The number of hydrogen-bond acceptors (Lipinski definition) is 4. The van der Waals surface area contributed by atoms with Gasteiger partial charge in [0.05, 0.1) is 0 Å². The van der Waals surface area contributed by atoms with E-state index >= 15 is 0 Å². The number of benzene rings is 1. The van der Waals surface area contributed by atoms with Crippen LogP contribution in [0.4, 0.5) is 17.3 Å². The molecule has 1 atom stereocenters. The standard InChI is InChI=1S/C17H24N4/c1-6-14(5)20-15-9-16(19-10-18-15)21-17-12(3)7-11(2)8-13(17)4/h7-10,14H,6H2,1-5H3,(H2,18,19,20,21). The van der Waals surface area contributed by atoms with E-state index in [1.807, 2.05) is 6.07 Å². The molecule has 112 valence electrons. The largest absolute Gasteiger partial charge is 0.367 e. The zero-order valence-electron chi connectivity index (χ0n) is 13.5. The molecule has 0 aliphatic heterocycles. The number of aryl methyl sites for hydroxylation is 3. The highest BCUT2D eigenvalue weighted by Gasteiger charge is 2.07. The molecule has 1 aromatic heterocycles. The molecule has 2 N–H and O–H groups in total. The van der Waals surface area contributed by atoms with Gasteiger partial charge in [-0.1, -0.05) is 24.6 Å². The third-order valence-electron chi connectivity index (χ3n) is 3.60. The Morgan fingerprint density at radius 3 is 2.24 bits per heavy atom. The Hall–Kier alpha value is -2.10. The second-order valence-corrected chi connectivity index (χ2v) is 5.64. The number of hydrogen-bond donors (Lipinski definition) is 2. The minimum absolute atomic E-state index is 0.399. The molecule has 0 spiro atoms. The Labute approximate surface area is 127 Å². The monoisotopic (exact) mass is 284 g/mol. The molecule has 2 rings (SSSR count). The lowest BCUT2D eigenvalue weighted by atomic mass is 10.1. The summed E-state index contributed by atoms with van der Waals surface area (Å²) >= 11 is 0. The zero-order valence-corrected chi connectivity index (χ0v) is 13.5. The van der Waals surface area contributed by atoms with Crippen LogP contribution in [0.2, 0.25) is 0 Å². The average Bonchev–Trinajstić information content (AvgIpc) is 2.43. The van der Waals surface area contributed by atoms with Crippen molar-refractivity contribution in [3.05, 3.63) is 41.2 Å². The fourth-order valence-electron chi connectivity index (χ4n) is 2.36. The van der Waals surface area contributed by atoms with E-state index in [4.69, 9.17) is 0 Å². The van der Waals surface area contributed by atoms with E-state index in [0.717, 1.165) is 23.7 Å². The fraction of sp³-hybridized carbons (Fsp3) is 0.412. The summed E-state index contributed by atoms with van der Waals surface area (Å²) in [5.41, 5.74) is 4.84. The maximum atomic E-state index is 4.31. The average molecular weight is 284 g/mol. The van der Waals surface area contributed by atoms with Crippen molar-refractivity contribution in [2.24, 2.45) is 0 Å². The van der Waals surface area contributed by atoms with Crippen LogP contribution in [0, 0.1) is 20.8 Å². The molecule has 0 aliphatic rings. The van der Waals surface area contributed by atoms with Gasteiger partial charge in [-0.25, -0.2) is 9.97 Å². The fourth-order valence-corrected chi connectivity index (χ4v) is 2.36. The van der Waals surface area contributed by atoms with Crippen molar-refractivity contribution >= 4 is 17.3 Å². The second kappa shape index (κ2) is 6.57. The van der Waals surface area contributed by atoms with Crippen LogP contribution in [0.25, 0.3) is 0 Å². The molecule has 0 aliphatic carbocycles. The van der Waals surface area contributed by atoms with Gasteiger partial charge in [0.25, 0.3) is 0 Å². The molecule has 1 aromatic carbocycles.